The van der Waals surface area contributed by atoms with Gasteiger partial charge in [0, 0.05) is 6.54 Å². The average molecular weight is 402 g/mol. The van der Waals surface area contributed by atoms with Crippen LogP contribution in [0.15, 0.2) is 41.3 Å². The van der Waals surface area contributed by atoms with E-state index in [1.807, 2.05) is 0 Å². The van der Waals surface area contributed by atoms with Crippen LogP contribution < -0.4 is 4.72 Å². The summed E-state index contributed by atoms with van der Waals surface area (Å²) in [5.74, 6) is -1.48. The van der Waals surface area contributed by atoms with Crippen LogP contribution in [0.1, 0.15) is 11.1 Å². The fraction of sp³-hybridized carbons (Fsp3) is 0.143. The fourth-order valence-corrected chi connectivity index (χ4v) is 3.21. The van der Waals surface area contributed by atoms with Gasteiger partial charge in [0.15, 0.2) is 0 Å². The normalized spacial score (nSPS) is 12.4. The first-order chi connectivity index (χ1) is 11.0. The number of hydrogen-bond donors (Lipinski definition) is 1. The molecular formula is C14H9Cl2F4NO2S. The van der Waals surface area contributed by atoms with Crippen molar-refractivity contribution in [1.82, 2.24) is 4.72 Å². The number of halogens is 6. The second-order valence-corrected chi connectivity index (χ2v) is 7.29. The standard InChI is InChI=1S/C14H9Cl2F4NO2S/c15-11-4-2-9(6-12(11)16)24(22,23)21-7-8-1-3-10(13(17)5-8)14(18,19)20/h1-6,21H,7H2. The van der Waals surface area contributed by atoms with E-state index in [0.29, 0.717) is 12.1 Å². The van der Waals surface area contributed by atoms with E-state index < -0.39 is 34.1 Å². The molecule has 3 nitrogen and oxygen atoms in total. The number of rotatable bonds is 4. The zero-order chi connectivity index (χ0) is 18.1. The van der Waals surface area contributed by atoms with Crippen LogP contribution in [0.25, 0.3) is 0 Å². The number of benzene rings is 2. The molecule has 0 aliphatic carbocycles. The van der Waals surface area contributed by atoms with E-state index in [9.17, 15) is 26.0 Å². The Morgan fingerprint density at radius 1 is 1.00 bits per heavy atom. The molecule has 1 N–H and O–H groups in total. The Morgan fingerprint density at radius 3 is 2.21 bits per heavy atom. The van der Waals surface area contributed by atoms with Crippen molar-refractivity contribution in [3.05, 3.63) is 63.4 Å². The third-order valence-electron chi connectivity index (χ3n) is 3.01. The molecule has 0 radical (unpaired) electrons. The molecule has 0 atom stereocenters. The lowest BCUT2D eigenvalue weighted by molar-refractivity contribution is -0.140. The summed E-state index contributed by atoms with van der Waals surface area (Å²) in [7, 11) is -3.99. The van der Waals surface area contributed by atoms with Gasteiger partial charge in [0.05, 0.1) is 20.5 Å². The fourth-order valence-electron chi connectivity index (χ4n) is 1.80. The topological polar surface area (TPSA) is 46.2 Å². The van der Waals surface area contributed by atoms with Gasteiger partial charge in [-0.05, 0) is 35.9 Å². The van der Waals surface area contributed by atoms with E-state index >= 15 is 0 Å². The largest absolute Gasteiger partial charge is 0.419 e. The van der Waals surface area contributed by atoms with Gasteiger partial charge in [0.25, 0.3) is 0 Å². The molecule has 2 aromatic carbocycles. The zero-order valence-electron chi connectivity index (χ0n) is 11.7. The van der Waals surface area contributed by atoms with Crippen LogP contribution in [0.5, 0.6) is 0 Å². The van der Waals surface area contributed by atoms with Crippen LogP contribution in [0.2, 0.25) is 10.0 Å². The highest BCUT2D eigenvalue weighted by atomic mass is 35.5. The minimum absolute atomic E-state index is 0.0279. The van der Waals surface area contributed by atoms with Crippen molar-refractivity contribution in [2.24, 2.45) is 0 Å². The molecule has 2 rings (SSSR count). The minimum Gasteiger partial charge on any atom is -0.207 e. The van der Waals surface area contributed by atoms with Gasteiger partial charge in [-0.2, -0.15) is 13.2 Å². The van der Waals surface area contributed by atoms with Crippen LogP contribution in [-0.4, -0.2) is 8.42 Å². The van der Waals surface area contributed by atoms with Gasteiger partial charge in [0.2, 0.25) is 10.0 Å². The Bertz CT molecular complexity index is 870. The molecule has 0 spiro atoms. The SMILES string of the molecule is O=S(=O)(NCc1ccc(C(F)(F)F)c(F)c1)c1ccc(Cl)c(Cl)c1. The highest BCUT2D eigenvalue weighted by Crippen LogP contribution is 2.31. The highest BCUT2D eigenvalue weighted by molar-refractivity contribution is 7.89. The van der Waals surface area contributed by atoms with Gasteiger partial charge in [0.1, 0.15) is 5.82 Å². The molecular weight excluding hydrogens is 393 g/mol. The maximum atomic E-state index is 13.5. The monoisotopic (exact) mass is 401 g/mol. The Morgan fingerprint density at radius 2 is 1.67 bits per heavy atom. The molecule has 0 fully saturated rings. The summed E-state index contributed by atoms with van der Waals surface area (Å²) in [5.41, 5.74) is -1.39. The summed E-state index contributed by atoms with van der Waals surface area (Å²) in [4.78, 5) is -0.177. The number of hydrogen-bond acceptors (Lipinski definition) is 2. The second kappa shape index (κ2) is 6.87. The average Bonchev–Trinajstić information content (AvgIpc) is 2.46. The van der Waals surface area contributed by atoms with Crippen molar-refractivity contribution in [3.63, 3.8) is 0 Å². The van der Waals surface area contributed by atoms with Crippen LogP contribution in [0.4, 0.5) is 17.6 Å². The lowest BCUT2D eigenvalue weighted by Crippen LogP contribution is -2.23. The third-order valence-corrected chi connectivity index (χ3v) is 5.14. The third kappa shape index (κ3) is 4.38. The van der Waals surface area contributed by atoms with Gasteiger partial charge in [-0.1, -0.05) is 29.3 Å². The first-order valence-corrected chi connectivity index (χ1v) is 8.55. The maximum absolute atomic E-state index is 13.5. The van der Waals surface area contributed by atoms with Gasteiger partial charge >= 0.3 is 6.18 Å². The molecule has 24 heavy (non-hydrogen) atoms. The summed E-state index contributed by atoms with van der Waals surface area (Å²) in [6.07, 6.45) is -4.82. The molecule has 0 amide bonds. The molecule has 0 heterocycles. The molecule has 0 saturated carbocycles. The lowest BCUT2D eigenvalue weighted by Gasteiger charge is -2.11. The maximum Gasteiger partial charge on any atom is 0.419 e. The first-order valence-electron chi connectivity index (χ1n) is 6.31. The van der Waals surface area contributed by atoms with Crippen molar-refractivity contribution >= 4 is 33.2 Å². The van der Waals surface area contributed by atoms with Crippen LogP contribution in [0, 0.1) is 5.82 Å². The van der Waals surface area contributed by atoms with E-state index in [1.165, 1.54) is 12.1 Å². The summed E-state index contributed by atoms with van der Waals surface area (Å²) < 4.78 is 77.2. The van der Waals surface area contributed by atoms with Crippen LogP contribution in [0.3, 0.4) is 0 Å². The van der Waals surface area contributed by atoms with Gasteiger partial charge < -0.3 is 0 Å². The predicted octanol–water partition coefficient (Wildman–Crippen LogP) is 4.63. The van der Waals surface area contributed by atoms with Crippen molar-refractivity contribution in [1.29, 1.82) is 0 Å². The molecule has 0 aliphatic rings. The van der Waals surface area contributed by atoms with Crippen molar-refractivity contribution in [3.8, 4) is 0 Å². The van der Waals surface area contributed by atoms with Gasteiger partial charge in [-0.25, -0.2) is 17.5 Å². The summed E-state index contributed by atoms with van der Waals surface area (Å²) in [6, 6.07) is 5.79. The highest BCUT2D eigenvalue weighted by Gasteiger charge is 2.33. The molecule has 0 bridgehead atoms. The van der Waals surface area contributed by atoms with E-state index in [0.717, 1.165) is 12.1 Å². The number of nitrogens with one attached hydrogen (secondary N) is 1. The number of sulfonamides is 1. The minimum atomic E-state index is -4.82. The van der Waals surface area contributed by atoms with E-state index in [2.05, 4.69) is 4.72 Å². The summed E-state index contributed by atoms with van der Waals surface area (Å²) in [6.45, 7) is -0.391. The molecule has 0 aliphatic heterocycles. The molecule has 0 unspecified atom stereocenters. The van der Waals surface area contributed by atoms with Crippen molar-refractivity contribution < 1.29 is 26.0 Å². The van der Waals surface area contributed by atoms with Crippen molar-refractivity contribution in [2.45, 2.75) is 17.6 Å². The second-order valence-electron chi connectivity index (χ2n) is 4.71. The molecule has 130 valence electrons. The van der Waals surface area contributed by atoms with Crippen LogP contribution in [-0.2, 0) is 22.7 Å². The van der Waals surface area contributed by atoms with E-state index in [4.69, 9.17) is 23.2 Å². The van der Waals surface area contributed by atoms with Crippen LogP contribution >= 0.6 is 23.2 Å². The molecule has 10 heteroatoms. The lowest BCUT2D eigenvalue weighted by atomic mass is 10.1. The Hall–Kier alpha value is -1.35. The van der Waals surface area contributed by atoms with Gasteiger partial charge in [-0.3, -0.25) is 0 Å². The molecule has 0 aromatic heterocycles. The Kier molecular flexibility index (Phi) is 5.44. The summed E-state index contributed by atoms with van der Waals surface area (Å²) >= 11 is 11.4. The Balaban J connectivity index is 2.18. The smallest absolute Gasteiger partial charge is 0.207 e. The van der Waals surface area contributed by atoms with E-state index in [1.54, 1.807) is 0 Å². The van der Waals surface area contributed by atoms with Crippen molar-refractivity contribution in [2.75, 3.05) is 0 Å². The quantitative estimate of drug-likeness (QED) is 0.759. The summed E-state index contributed by atoms with van der Waals surface area (Å²) in [5, 5.41) is 0.195. The number of alkyl halides is 3. The first kappa shape index (κ1) is 19.0. The zero-order valence-corrected chi connectivity index (χ0v) is 14.0. The Labute approximate surface area is 145 Å². The van der Waals surface area contributed by atoms with Gasteiger partial charge in [-0.15, -0.1) is 0 Å². The molecule has 2 aromatic rings. The molecule has 0 saturated heterocycles. The predicted molar refractivity (Wildman–Crippen MR) is 81.9 cm³/mol. The van der Waals surface area contributed by atoms with E-state index in [-0.39, 0.29) is 20.5 Å².